The molecule has 3 aromatic carbocycles. The fourth-order valence-electron chi connectivity index (χ4n) is 3.43. The smallest absolute Gasteiger partial charge is 0.113 e. The number of hydrogen-bond donors (Lipinski definition) is 1. The van der Waals surface area contributed by atoms with Crippen molar-refractivity contribution in [1.29, 1.82) is 0 Å². The Morgan fingerprint density at radius 1 is 0.742 bits per heavy atom. The maximum atomic E-state index is 6.43. The van der Waals surface area contributed by atoms with Gasteiger partial charge in [0.15, 0.2) is 0 Å². The molecule has 1 N–H and O–H groups in total. The summed E-state index contributed by atoms with van der Waals surface area (Å²) in [7, 11) is 0. The zero-order chi connectivity index (χ0) is 21.6. The van der Waals surface area contributed by atoms with E-state index in [1.54, 1.807) is 6.20 Å². The predicted molar refractivity (Wildman–Crippen MR) is 134 cm³/mol. The molecule has 0 saturated carbocycles. The Kier molecular flexibility index (Phi) is 6.44. The van der Waals surface area contributed by atoms with Crippen LogP contribution in [0.1, 0.15) is 18.2 Å². The van der Waals surface area contributed by atoms with Crippen LogP contribution >= 0.6 is 6.19 Å². The topological polar surface area (TPSA) is 24.9 Å². The van der Waals surface area contributed by atoms with Crippen molar-refractivity contribution in [2.24, 2.45) is 0 Å². The van der Waals surface area contributed by atoms with Crippen LogP contribution < -0.4 is 15.7 Å². The van der Waals surface area contributed by atoms with Crippen molar-refractivity contribution in [3.63, 3.8) is 0 Å². The summed E-state index contributed by atoms with van der Waals surface area (Å²) in [4.78, 5) is 4.37. The highest BCUT2D eigenvalue weighted by Crippen LogP contribution is 2.43. The van der Waals surface area contributed by atoms with E-state index in [1.807, 2.05) is 72.8 Å². The molecule has 1 aromatic heterocycles. The van der Waals surface area contributed by atoms with Gasteiger partial charge in [0, 0.05) is 16.8 Å². The van der Waals surface area contributed by atoms with E-state index >= 15 is 0 Å². The second-order valence-corrected chi connectivity index (χ2v) is 11.5. The minimum Gasteiger partial charge on any atom is -0.262 e. The Labute approximate surface area is 189 Å². The molecule has 1 atom stereocenters. The molecule has 0 amide bonds. The van der Waals surface area contributed by atoms with E-state index in [1.165, 1.54) is 0 Å². The van der Waals surface area contributed by atoms with Gasteiger partial charge in [-0.05, 0) is 30.5 Å². The number of nitrogens with one attached hydrogen (secondary N) is 1. The van der Waals surface area contributed by atoms with Gasteiger partial charge in [0.2, 0.25) is 0 Å². The largest absolute Gasteiger partial charge is 0.262 e. The monoisotopic (exact) mass is 438 g/mol. The van der Waals surface area contributed by atoms with E-state index in [-0.39, 0.29) is 0 Å². The Bertz CT molecular complexity index is 1190. The van der Waals surface area contributed by atoms with Gasteiger partial charge < -0.3 is 0 Å². The zero-order valence-corrected chi connectivity index (χ0v) is 19.0. The number of pyridine rings is 1. The lowest BCUT2D eigenvalue weighted by atomic mass is 9.94. The number of aromatic nitrogens is 1. The summed E-state index contributed by atoms with van der Waals surface area (Å²) >= 11 is 6.43. The third-order valence-corrected chi connectivity index (χ3v) is 9.43. The van der Waals surface area contributed by atoms with Crippen LogP contribution in [0.2, 0.25) is 0 Å². The van der Waals surface area contributed by atoms with Crippen molar-refractivity contribution in [2.75, 3.05) is 0 Å². The lowest BCUT2D eigenvalue weighted by molar-refractivity contribution is 0.599. The van der Waals surface area contributed by atoms with E-state index < -0.39 is 11.7 Å². The van der Waals surface area contributed by atoms with Crippen LogP contribution in [0.25, 0.3) is 0 Å². The molecule has 0 aliphatic carbocycles. The Balaban J connectivity index is 1.86. The van der Waals surface area contributed by atoms with E-state index in [2.05, 4.69) is 65.2 Å². The first kappa shape index (κ1) is 21.2. The van der Waals surface area contributed by atoms with Crippen molar-refractivity contribution in [2.45, 2.75) is 12.5 Å². The highest BCUT2D eigenvalue weighted by Gasteiger charge is 2.33. The van der Waals surface area contributed by atoms with Gasteiger partial charge in [0.25, 0.3) is 0 Å². The molecule has 4 aromatic rings. The molecule has 31 heavy (non-hydrogen) atoms. The molecule has 2 nitrogen and oxygen atoms in total. The molecule has 4 rings (SSSR count). The Morgan fingerprint density at radius 3 is 1.77 bits per heavy atom. The van der Waals surface area contributed by atoms with Crippen LogP contribution in [0, 0.1) is 11.8 Å². The van der Waals surface area contributed by atoms with Crippen LogP contribution in [0.3, 0.4) is 0 Å². The first-order chi connectivity index (χ1) is 15.1. The maximum absolute atomic E-state index is 6.43. The van der Waals surface area contributed by atoms with Crippen LogP contribution in [0.4, 0.5) is 0 Å². The second kappa shape index (κ2) is 9.41. The third kappa shape index (κ3) is 4.84. The normalized spacial score (nSPS) is 12.9. The van der Waals surface area contributed by atoms with E-state index in [9.17, 15) is 0 Å². The maximum Gasteiger partial charge on any atom is 0.113 e. The Hall–Kier alpha value is -3.02. The quantitative estimate of drug-likeness (QED) is 0.351. The molecule has 0 fully saturated rings. The fourth-order valence-corrected chi connectivity index (χ4v) is 7.26. The number of hydrogen-bond acceptors (Lipinski definition) is 2. The third-order valence-electron chi connectivity index (χ3n) is 5.08. The molecule has 0 bridgehead atoms. The molecule has 0 spiro atoms. The molecule has 4 heteroatoms. The van der Waals surface area contributed by atoms with Crippen LogP contribution in [-0.4, -0.2) is 4.98 Å². The minimum atomic E-state index is -2.37. The number of rotatable bonds is 5. The van der Waals surface area contributed by atoms with E-state index in [0.717, 1.165) is 21.9 Å². The second-order valence-electron chi connectivity index (χ2n) is 7.35. The van der Waals surface area contributed by atoms with Crippen LogP contribution in [0.5, 0.6) is 0 Å². The molecule has 152 valence electrons. The number of benzene rings is 3. The fraction of sp³-hybridized carbons (Fsp3) is 0.0741. The average molecular weight is 439 g/mol. The summed E-state index contributed by atoms with van der Waals surface area (Å²) in [6.45, 7) is 2.10. The van der Waals surface area contributed by atoms with Crippen LogP contribution in [0.15, 0.2) is 115 Å². The summed E-state index contributed by atoms with van der Waals surface area (Å²) in [5, 5.41) is 6.07. The van der Waals surface area contributed by atoms with Crippen LogP contribution in [-0.2, 0) is 17.3 Å². The lowest BCUT2D eigenvalue weighted by Gasteiger charge is -2.35. The standard InChI is InChI=1S/C27H23N2PS/c1-27(23-13-5-2-6-14-23,21-20-24-15-11-12-22-28-24)29-30(31,25-16-7-3-8-17-25)26-18-9-4-10-19-26/h2-19,22H,1H3,(H,29,31)/t27-/m0/s1. The van der Waals surface area contributed by atoms with Crippen molar-refractivity contribution in [3.05, 3.63) is 127 Å². The molecular weight excluding hydrogens is 415 g/mol. The van der Waals surface area contributed by atoms with Gasteiger partial charge in [0.05, 0.1) is 6.19 Å². The van der Waals surface area contributed by atoms with E-state index in [4.69, 9.17) is 11.8 Å². The minimum absolute atomic E-state index is 0.667. The van der Waals surface area contributed by atoms with Gasteiger partial charge in [-0.3, -0.25) is 5.09 Å². The summed E-state index contributed by atoms with van der Waals surface area (Å²) in [5.74, 6) is 6.72. The van der Waals surface area contributed by atoms with Gasteiger partial charge >= 0.3 is 0 Å². The van der Waals surface area contributed by atoms with Gasteiger partial charge in [-0.2, -0.15) is 0 Å². The van der Waals surface area contributed by atoms with Gasteiger partial charge in [-0.1, -0.05) is 115 Å². The SMILES string of the molecule is C[C@@](C#Cc1ccccn1)(NP(=S)(c1ccccc1)c1ccccc1)c1ccccc1. The van der Waals surface area contributed by atoms with Gasteiger partial charge in [-0.25, -0.2) is 4.98 Å². The van der Waals surface area contributed by atoms with Crippen molar-refractivity contribution >= 4 is 28.6 Å². The average Bonchev–Trinajstić information content (AvgIpc) is 2.85. The first-order valence-corrected chi connectivity index (χ1v) is 12.9. The molecule has 0 radical (unpaired) electrons. The summed E-state index contributed by atoms with van der Waals surface area (Å²) in [6, 6.07) is 36.7. The molecule has 0 saturated heterocycles. The molecule has 0 aliphatic heterocycles. The van der Waals surface area contributed by atoms with Crippen molar-refractivity contribution in [3.8, 4) is 11.8 Å². The van der Waals surface area contributed by atoms with E-state index in [0.29, 0.717) is 0 Å². The molecule has 0 unspecified atom stereocenters. The molecule has 0 aliphatic rings. The summed E-state index contributed by atoms with van der Waals surface area (Å²) in [5.41, 5.74) is 1.14. The number of nitrogens with zero attached hydrogens (tertiary/aromatic N) is 1. The highest BCUT2D eigenvalue weighted by molar-refractivity contribution is 8.20. The van der Waals surface area contributed by atoms with Gasteiger partial charge in [0.1, 0.15) is 11.2 Å². The summed E-state index contributed by atoms with van der Waals surface area (Å²) in [6.07, 6.45) is -0.612. The van der Waals surface area contributed by atoms with Gasteiger partial charge in [-0.15, -0.1) is 0 Å². The Morgan fingerprint density at radius 2 is 1.26 bits per heavy atom. The predicted octanol–water partition coefficient (Wildman–Crippen LogP) is 4.98. The molecular formula is C27H23N2PS. The molecule has 1 heterocycles. The van der Waals surface area contributed by atoms with Crippen molar-refractivity contribution < 1.29 is 0 Å². The van der Waals surface area contributed by atoms with Crippen molar-refractivity contribution in [1.82, 2.24) is 10.1 Å². The lowest BCUT2D eigenvalue weighted by Crippen LogP contribution is -2.41. The summed E-state index contributed by atoms with van der Waals surface area (Å²) < 4.78 is 0. The first-order valence-electron chi connectivity index (χ1n) is 10.1. The zero-order valence-electron chi connectivity index (χ0n) is 17.3. The highest BCUT2D eigenvalue weighted by atomic mass is 32.4.